The number of hydrogen-bond donors (Lipinski definition) is 0. The second-order valence-corrected chi connectivity index (χ2v) is 13.7. The molecule has 0 atom stereocenters. The first-order valence-corrected chi connectivity index (χ1v) is 18.3. The van der Waals surface area contributed by atoms with Gasteiger partial charge in [0, 0.05) is 38.6 Å². The molecule has 11 rings (SSSR count). The van der Waals surface area contributed by atoms with Gasteiger partial charge in [-0.1, -0.05) is 127 Å². The average molecular weight is 693 g/mol. The molecular formula is C50H32N2O2. The van der Waals surface area contributed by atoms with Crippen LogP contribution >= 0.6 is 0 Å². The summed E-state index contributed by atoms with van der Waals surface area (Å²) in [5, 5.41) is 5.62. The molecule has 4 heteroatoms. The van der Waals surface area contributed by atoms with E-state index in [4.69, 9.17) is 8.83 Å². The van der Waals surface area contributed by atoms with Crippen LogP contribution in [0.1, 0.15) is 0 Å². The Bertz CT molecular complexity index is 3130. The zero-order valence-electron chi connectivity index (χ0n) is 29.2. The average Bonchev–Trinajstić information content (AvgIpc) is 3.91. The van der Waals surface area contributed by atoms with Crippen LogP contribution in [0, 0.1) is 0 Å². The summed E-state index contributed by atoms with van der Waals surface area (Å²) >= 11 is 0. The van der Waals surface area contributed by atoms with Crippen molar-refractivity contribution in [2.24, 2.45) is 0 Å². The second kappa shape index (κ2) is 12.1. The van der Waals surface area contributed by atoms with Crippen LogP contribution < -0.4 is 4.90 Å². The van der Waals surface area contributed by atoms with Gasteiger partial charge in [0.1, 0.15) is 11.2 Å². The van der Waals surface area contributed by atoms with Crippen LogP contribution in [0.2, 0.25) is 0 Å². The number of aromatic nitrogens is 1. The Balaban J connectivity index is 1.05. The summed E-state index contributed by atoms with van der Waals surface area (Å²) in [4.78, 5) is 2.30. The predicted molar refractivity (Wildman–Crippen MR) is 223 cm³/mol. The molecule has 0 unspecified atom stereocenters. The molecule has 0 radical (unpaired) electrons. The van der Waals surface area contributed by atoms with E-state index in [1.54, 1.807) is 0 Å². The first-order chi connectivity index (χ1) is 26.8. The van der Waals surface area contributed by atoms with Gasteiger partial charge in [-0.15, -0.1) is 0 Å². The summed E-state index contributed by atoms with van der Waals surface area (Å²) in [6, 6.07) is 68.3. The lowest BCUT2D eigenvalue weighted by molar-refractivity contribution is 0.645. The molecule has 0 N–H and O–H groups in total. The van der Waals surface area contributed by atoms with Crippen molar-refractivity contribution in [3.05, 3.63) is 194 Å². The van der Waals surface area contributed by atoms with Gasteiger partial charge in [0.2, 0.25) is 5.71 Å². The number of nitrogens with zero attached hydrogens (tertiary/aromatic N) is 2. The van der Waals surface area contributed by atoms with E-state index < -0.39 is 0 Å². The topological polar surface area (TPSA) is 34.5 Å². The highest BCUT2D eigenvalue weighted by atomic mass is 16.3. The summed E-state index contributed by atoms with van der Waals surface area (Å²) in [5.74, 6) is 0. The normalized spacial score (nSPS) is 11.7. The van der Waals surface area contributed by atoms with Crippen LogP contribution in [0.3, 0.4) is 0 Å². The van der Waals surface area contributed by atoms with E-state index in [0.717, 1.165) is 88.8 Å². The van der Waals surface area contributed by atoms with Crippen molar-refractivity contribution < 1.29 is 8.83 Å². The van der Waals surface area contributed by atoms with Crippen LogP contribution in [-0.2, 0) is 0 Å². The molecule has 0 bridgehead atoms. The maximum absolute atomic E-state index is 6.58. The minimum absolute atomic E-state index is 0.860. The minimum Gasteiger partial charge on any atom is -0.454 e. The van der Waals surface area contributed by atoms with Gasteiger partial charge in [-0.3, -0.25) is 4.57 Å². The highest BCUT2D eigenvalue weighted by molar-refractivity contribution is 6.20. The molecular weight excluding hydrogens is 661 g/mol. The van der Waals surface area contributed by atoms with Crippen LogP contribution in [0.5, 0.6) is 0 Å². The molecule has 254 valence electrons. The zero-order chi connectivity index (χ0) is 35.6. The van der Waals surface area contributed by atoms with Crippen molar-refractivity contribution in [2.45, 2.75) is 0 Å². The smallest absolute Gasteiger partial charge is 0.213 e. The van der Waals surface area contributed by atoms with Crippen molar-refractivity contribution in [1.82, 2.24) is 4.57 Å². The predicted octanol–water partition coefficient (Wildman–Crippen LogP) is 14.2. The van der Waals surface area contributed by atoms with Crippen molar-refractivity contribution in [1.29, 1.82) is 0 Å². The van der Waals surface area contributed by atoms with Gasteiger partial charge in [0.05, 0.1) is 16.6 Å². The molecule has 11 aromatic rings. The van der Waals surface area contributed by atoms with E-state index in [2.05, 4.69) is 173 Å². The van der Waals surface area contributed by atoms with Crippen molar-refractivity contribution in [2.75, 3.05) is 4.90 Å². The summed E-state index contributed by atoms with van der Waals surface area (Å²) < 4.78 is 15.3. The summed E-state index contributed by atoms with van der Waals surface area (Å²) in [5.41, 5.74) is 13.4. The monoisotopic (exact) mass is 692 g/mol. The van der Waals surface area contributed by atoms with Gasteiger partial charge in [0.15, 0.2) is 5.58 Å². The van der Waals surface area contributed by atoms with Crippen molar-refractivity contribution >= 4 is 72.0 Å². The summed E-state index contributed by atoms with van der Waals surface area (Å²) in [6.07, 6.45) is 0. The van der Waals surface area contributed by atoms with E-state index >= 15 is 0 Å². The second-order valence-electron chi connectivity index (χ2n) is 13.7. The number of furan rings is 2. The Morgan fingerprint density at radius 2 is 0.944 bits per heavy atom. The molecule has 8 aromatic carbocycles. The fraction of sp³-hybridized carbons (Fsp3) is 0. The highest BCUT2D eigenvalue weighted by Crippen LogP contribution is 2.44. The van der Waals surface area contributed by atoms with Gasteiger partial charge >= 0.3 is 0 Å². The lowest BCUT2D eigenvalue weighted by Crippen LogP contribution is -2.10. The molecule has 0 aliphatic rings. The van der Waals surface area contributed by atoms with E-state index in [0.29, 0.717) is 0 Å². The lowest BCUT2D eigenvalue weighted by atomic mass is 10.0. The van der Waals surface area contributed by atoms with Crippen molar-refractivity contribution in [3.63, 3.8) is 0 Å². The largest absolute Gasteiger partial charge is 0.454 e. The number of rotatable bonds is 6. The standard InChI is InChI=1S/C50H32N2O2/c1-3-12-33(13-4-1)34-22-27-38(28-23-34)51(45-19-11-18-41-40-16-7-9-20-46(40)53-49(41)45)39-29-24-35(25-30-39)36-26-31-44-43(32-36)48-42-17-8-10-21-47(42)54-50(48)52(44)37-14-5-2-6-15-37/h1-32H. The molecule has 0 saturated carbocycles. The van der Waals surface area contributed by atoms with Gasteiger partial charge in [-0.05, 0) is 89.0 Å². The highest BCUT2D eigenvalue weighted by Gasteiger charge is 2.22. The molecule has 54 heavy (non-hydrogen) atoms. The quantitative estimate of drug-likeness (QED) is 0.174. The van der Waals surface area contributed by atoms with Crippen LogP contribution in [0.25, 0.3) is 82.9 Å². The maximum Gasteiger partial charge on any atom is 0.213 e. The Kier molecular flexibility index (Phi) is 6.82. The first kappa shape index (κ1) is 30.3. The maximum atomic E-state index is 6.58. The van der Waals surface area contributed by atoms with Crippen molar-refractivity contribution in [3.8, 4) is 27.9 Å². The Hall–Kier alpha value is -7.30. The third-order valence-electron chi connectivity index (χ3n) is 10.6. The molecule has 3 heterocycles. The van der Waals surface area contributed by atoms with E-state index in [9.17, 15) is 0 Å². The Morgan fingerprint density at radius 3 is 1.67 bits per heavy atom. The number of anilines is 3. The molecule has 3 aromatic heterocycles. The number of hydrogen-bond acceptors (Lipinski definition) is 3. The molecule has 4 nitrogen and oxygen atoms in total. The molecule has 0 saturated heterocycles. The summed E-state index contributed by atoms with van der Waals surface area (Å²) in [6.45, 7) is 0. The number of benzene rings is 8. The first-order valence-electron chi connectivity index (χ1n) is 18.3. The molecule has 0 spiro atoms. The minimum atomic E-state index is 0.860. The molecule has 0 amide bonds. The SMILES string of the molecule is c1ccc(-c2ccc(N(c3ccc(-c4ccc5c(c4)c4c6ccccc6oc4n5-c4ccccc4)cc3)c3cccc4c3oc3ccccc34)cc2)cc1. The Labute approximate surface area is 311 Å². The van der Waals surface area contributed by atoms with Crippen LogP contribution in [-0.4, -0.2) is 4.57 Å². The van der Waals surface area contributed by atoms with E-state index in [-0.39, 0.29) is 0 Å². The molecule has 0 aliphatic heterocycles. The van der Waals surface area contributed by atoms with Crippen LogP contribution in [0.4, 0.5) is 17.1 Å². The van der Waals surface area contributed by atoms with Gasteiger partial charge < -0.3 is 13.7 Å². The molecule has 0 aliphatic carbocycles. The molecule has 0 fully saturated rings. The third kappa shape index (κ3) is 4.78. The van der Waals surface area contributed by atoms with Gasteiger partial charge in [-0.25, -0.2) is 0 Å². The number of fused-ring (bicyclic) bond motifs is 8. The number of para-hydroxylation sites is 4. The third-order valence-corrected chi connectivity index (χ3v) is 10.6. The van der Waals surface area contributed by atoms with E-state index in [1.807, 2.05) is 30.3 Å². The Morgan fingerprint density at radius 1 is 0.389 bits per heavy atom. The zero-order valence-corrected chi connectivity index (χ0v) is 29.2. The van der Waals surface area contributed by atoms with E-state index in [1.165, 1.54) is 11.1 Å². The van der Waals surface area contributed by atoms with Gasteiger partial charge in [-0.2, -0.15) is 0 Å². The fourth-order valence-corrected chi connectivity index (χ4v) is 8.08. The summed E-state index contributed by atoms with van der Waals surface area (Å²) in [7, 11) is 0. The lowest BCUT2D eigenvalue weighted by Gasteiger charge is -2.26. The van der Waals surface area contributed by atoms with Gasteiger partial charge in [0.25, 0.3) is 0 Å². The van der Waals surface area contributed by atoms with Crippen LogP contribution in [0.15, 0.2) is 203 Å². The fourth-order valence-electron chi connectivity index (χ4n) is 8.08.